The Morgan fingerprint density at radius 3 is 2.24 bits per heavy atom. The van der Waals surface area contributed by atoms with Crippen LogP contribution in [0.2, 0.25) is 5.02 Å². The van der Waals surface area contributed by atoms with Crippen LogP contribution in [0, 0.1) is 27.7 Å². The summed E-state index contributed by atoms with van der Waals surface area (Å²) >= 11 is 12.1. The number of nitrogens with zero attached hydrogens (tertiary/aromatic N) is 3. The molecule has 1 aliphatic heterocycles. The van der Waals surface area contributed by atoms with Crippen molar-refractivity contribution in [2.45, 2.75) is 39.8 Å². The van der Waals surface area contributed by atoms with Gasteiger partial charge in [0.15, 0.2) is 5.11 Å². The number of hydrogen-bond donors (Lipinski definition) is 1. The first-order valence-corrected chi connectivity index (χ1v) is 12.2. The van der Waals surface area contributed by atoms with Gasteiger partial charge in [0.1, 0.15) is 0 Å². The summed E-state index contributed by atoms with van der Waals surface area (Å²) in [7, 11) is 0. The van der Waals surface area contributed by atoms with Crippen LogP contribution in [0.1, 0.15) is 45.9 Å². The minimum absolute atomic E-state index is 0.0607. The molecule has 0 radical (unpaired) electrons. The van der Waals surface area contributed by atoms with E-state index in [1.165, 1.54) is 33.8 Å². The third-order valence-electron chi connectivity index (χ3n) is 6.46. The van der Waals surface area contributed by atoms with Crippen molar-refractivity contribution in [2.24, 2.45) is 0 Å². The second-order valence-electron chi connectivity index (χ2n) is 8.98. The Morgan fingerprint density at radius 2 is 1.59 bits per heavy atom. The van der Waals surface area contributed by atoms with Crippen molar-refractivity contribution >= 4 is 34.6 Å². The van der Waals surface area contributed by atoms with Crippen molar-refractivity contribution < 1.29 is 0 Å². The minimum atomic E-state index is -0.0856. The standard InChI is InChI=1S/C28H27ClN4S/c1-17-13-18(2)15-23(14-17)32-19(3)16-24(20(32)4)27-26(25-7-5-6-12-30-25)31-28(34)33(27)22-10-8-21(29)9-11-22/h5-16,26-27H,1-4H3,(H,31,34)/t26-,27+/m1/s1. The van der Waals surface area contributed by atoms with Crippen molar-refractivity contribution in [2.75, 3.05) is 4.90 Å². The van der Waals surface area contributed by atoms with Crippen LogP contribution in [0.15, 0.2) is 72.9 Å². The fourth-order valence-corrected chi connectivity index (χ4v) is 5.59. The molecule has 4 aromatic rings. The number of aryl methyl sites for hydroxylation is 3. The molecule has 172 valence electrons. The molecular weight excluding hydrogens is 460 g/mol. The van der Waals surface area contributed by atoms with Crippen LogP contribution in [0.3, 0.4) is 0 Å². The van der Waals surface area contributed by atoms with E-state index in [0.29, 0.717) is 10.1 Å². The molecule has 1 N–H and O–H groups in total. The van der Waals surface area contributed by atoms with E-state index < -0.39 is 0 Å². The van der Waals surface area contributed by atoms with Gasteiger partial charge in [-0.1, -0.05) is 23.7 Å². The van der Waals surface area contributed by atoms with E-state index in [9.17, 15) is 0 Å². The van der Waals surface area contributed by atoms with Crippen LogP contribution < -0.4 is 10.2 Å². The summed E-state index contributed by atoms with van der Waals surface area (Å²) in [4.78, 5) is 6.87. The molecule has 2 atom stereocenters. The number of halogens is 1. The van der Waals surface area contributed by atoms with Crippen LogP contribution in [0.5, 0.6) is 0 Å². The topological polar surface area (TPSA) is 33.1 Å². The summed E-state index contributed by atoms with van der Waals surface area (Å²) in [5.41, 5.74) is 9.24. The normalized spacial score (nSPS) is 17.8. The summed E-state index contributed by atoms with van der Waals surface area (Å²) in [6, 6.07) is 22.7. The number of rotatable bonds is 4. The summed E-state index contributed by atoms with van der Waals surface area (Å²) in [5.74, 6) is 0. The Labute approximate surface area is 211 Å². The molecular formula is C28H27ClN4S. The fraction of sp³-hybridized carbons (Fsp3) is 0.214. The van der Waals surface area contributed by atoms with Crippen LogP contribution in [-0.2, 0) is 0 Å². The lowest BCUT2D eigenvalue weighted by atomic mass is 9.96. The summed E-state index contributed by atoms with van der Waals surface area (Å²) in [6.07, 6.45) is 1.83. The molecule has 0 aliphatic carbocycles. The highest BCUT2D eigenvalue weighted by molar-refractivity contribution is 7.80. The van der Waals surface area contributed by atoms with Crippen LogP contribution in [-0.4, -0.2) is 14.7 Å². The molecule has 1 saturated heterocycles. The van der Waals surface area contributed by atoms with Gasteiger partial charge in [0.2, 0.25) is 0 Å². The SMILES string of the molecule is Cc1cc(C)cc(-n2c(C)cc([C@H]3[C@@H](c4ccccn4)NC(=S)N3c3ccc(Cl)cc3)c2C)c1. The Balaban J connectivity index is 1.69. The van der Waals surface area contributed by atoms with Gasteiger partial charge in [0.05, 0.1) is 17.8 Å². The number of nitrogens with one attached hydrogen (secondary N) is 1. The van der Waals surface area contributed by atoms with Gasteiger partial charge in [-0.2, -0.15) is 0 Å². The second-order valence-corrected chi connectivity index (χ2v) is 9.80. The Bertz CT molecular complexity index is 1340. The van der Waals surface area contributed by atoms with Gasteiger partial charge >= 0.3 is 0 Å². The zero-order valence-corrected chi connectivity index (χ0v) is 21.3. The minimum Gasteiger partial charge on any atom is -0.351 e. The average Bonchev–Trinajstić information content (AvgIpc) is 3.29. The summed E-state index contributed by atoms with van der Waals surface area (Å²) in [6.45, 7) is 8.64. The number of aromatic nitrogens is 2. The number of thiocarbonyl (C=S) groups is 1. The van der Waals surface area contributed by atoms with Crippen molar-refractivity contribution in [1.82, 2.24) is 14.9 Å². The molecule has 1 fully saturated rings. The molecule has 6 heteroatoms. The van der Waals surface area contributed by atoms with Gasteiger partial charge in [-0.3, -0.25) is 4.98 Å². The molecule has 34 heavy (non-hydrogen) atoms. The number of anilines is 1. The lowest BCUT2D eigenvalue weighted by Crippen LogP contribution is -2.29. The van der Waals surface area contributed by atoms with Crippen LogP contribution in [0.25, 0.3) is 5.69 Å². The maximum atomic E-state index is 6.20. The first-order chi connectivity index (χ1) is 16.3. The van der Waals surface area contributed by atoms with E-state index in [0.717, 1.165) is 11.4 Å². The quantitative estimate of drug-likeness (QED) is 0.317. The summed E-state index contributed by atoms with van der Waals surface area (Å²) in [5, 5.41) is 4.93. The molecule has 4 nitrogen and oxygen atoms in total. The Kier molecular flexibility index (Phi) is 5.92. The van der Waals surface area contributed by atoms with Gasteiger partial charge in [-0.15, -0.1) is 0 Å². The van der Waals surface area contributed by atoms with E-state index in [-0.39, 0.29) is 12.1 Å². The Morgan fingerprint density at radius 1 is 0.882 bits per heavy atom. The average molecular weight is 487 g/mol. The first kappa shape index (κ1) is 22.6. The molecule has 1 aliphatic rings. The third kappa shape index (κ3) is 3.99. The van der Waals surface area contributed by atoms with Gasteiger partial charge in [-0.25, -0.2) is 0 Å². The van der Waals surface area contributed by atoms with Gasteiger partial charge in [-0.05, 0) is 111 Å². The highest BCUT2D eigenvalue weighted by atomic mass is 35.5. The molecule has 0 unspecified atom stereocenters. The zero-order valence-electron chi connectivity index (χ0n) is 19.7. The van der Waals surface area contributed by atoms with Crippen molar-refractivity contribution in [1.29, 1.82) is 0 Å². The molecule has 0 bridgehead atoms. The van der Waals surface area contributed by atoms with Crippen molar-refractivity contribution in [3.8, 4) is 5.69 Å². The maximum Gasteiger partial charge on any atom is 0.174 e. The molecule has 0 saturated carbocycles. The molecule has 0 spiro atoms. The second kappa shape index (κ2) is 8.90. The monoisotopic (exact) mass is 486 g/mol. The predicted molar refractivity (Wildman–Crippen MR) is 144 cm³/mol. The van der Waals surface area contributed by atoms with Crippen LogP contribution >= 0.6 is 23.8 Å². The van der Waals surface area contributed by atoms with Gasteiger partial charge in [0.25, 0.3) is 0 Å². The molecule has 2 aromatic carbocycles. The predicted octanol–water partition coefficient (Wildman–Crippen LogP) is 6.94. The zero-order chi connectivity index (χ0) is 24.0. The van der Waals surface area contributed by atoms with Gasteiger partial charge < -0.3 is 14.8 Å². The molecule has 2 aromatic heterocycles. The number of benzene rings is 2. The lowest BCUT2D eigenvalue weighted by Gasteiger charge is -2.28. The van der Waals surface area contributed by atoms with Crippen molar-refractivity contribution in [3.63, 3.8) is 0 Å². The maximum absolute atomic E-state index is 6.20. The number of pyridine rings is 1. The van der Waals surface area contributed by atoms with E-state index in [1.54, 1.807) is 0 Å². The third-order valence-corrected chi connectivity index (χ3v) is 7.02. The van der Waals surface area contributed by atoms with Crippen molar-refractivity contribution in [3.05, 3.63) is 112 Å². The van der Waals surface area contributed by atoms with E-state index in [2.05, 4.69) is 77.8 Å². The fourth-order valence-electron chi connectivity index (χ4n) is 5.11. The van der Waals surface area contributed by atoms with E-state index in [1.807, 2.05) is 42.6 Å². The van der Waals surface area contributed by atoms with E-state index in [4.69, 9.17) is 23.8 Å². The molecule has 0 amide bonds. The Hall–Kier alpha value is -3.15. The summed E-state index contributed by atoms with van der Waals surface area (Å²) < 4.78 is 2.34. The lowest BCUT2D eigenvalue weighted by molar-refractivity contribution is 0.565. The van der Waals surface area contributed by atoms with Crippen LogP contribution in [0.4, 0.5) is 5.69 Å². The smallest absolute Gasteiger partial charge is 0.174 e. The molecule has 5 rings (SSSR count). The number of hydrogen-bond acceptors (Lipinski definition) is 2. The highest BCUT2D eigenvalue weighted by Crippen LogP contribution is 2.44. The highest BCUT2D eigenvalue weighted by Gasteiger charge is 2.42. The largest absolute Gasteiger partial charge is 0.351 e. The van der Waals surface area contributed by atoms with Gasteiger partial charge in [0, 0.05) is 34.0 Å². The van der Waals surface area contributed by atoms with E-state index >= 15 is 0 Å². The first-order valence-electron chi connectivity index (χ1n) is 11.4. The molecule has 3 heterocycles.